The summed E-state index contributed by atoms with van der Waals surface area (Å²) in [6.45, 7) is 5.64. The van der Waals surface area contributed by atoms with Crippen molar-refractivity contribution in [2.45, 2.75) is 26.3 Å². The van der Waals surface area contributed by atoms with E-state index < -0.39 is 4.92 Å². The summed E-state index contributed by atoms with van der Waals surface area (Å²) in [6.07, 6.45) is 0.697. The fourth-order valence-corrected chi connectivity index (χ4v) is 2.46. The van der Waals surface area contributed by atoms with Gasteiger partial charge in [-0.2, -0.15) is 0 Å². The maximum atomic E-state index is 12.3. The molecule has 0 aromatic heterocycles. The van der Waals surface area contributed by atoms with Crippen molar-refractivity contribution in [2.24, 2.45) is 11.8 Å². The normalized spacial score (nSPS) is 16.8. The largest absolute Gasteiger partial charge is 0.349 e. The Balaban J connectivity index is 0.00000242. The molecule has 0 aliphatic carbocycles. The molecule has 2 atom stereocenters. The summed E-state index contributed by atoms with van der Waals surface area (Å²) >= 11 is 0. The minimum atomic E-state index is -0.416. The second-order valence-corrected chi connectivity index (χ2v) is 5.53. The van der Waals surface area contributed by atoms with Crippen LogP contribution in [0.25, 0.3) is 0 Å². The molecular weight excluding hydrogens is 306 g/mol. The quantitative estimate of drug-likeness (QED) is 0.621. The zero-order chi connectivity index (χ0) is 15.4. The molecule has 1 saturated heterocycles. The SMILES string of the molecule is CCC(NC(=O)C(C)C1CNC1)c1cccc([N+](=O)[O-])c1.Cl. The number of nitro benzene ring substituents is 1. The highest BCUT2D eigenvalue weighted by Crippen LogP contribution is 2.23. The lowest BCUT2D eigenvalue weighted by molar-refractivity contribution is -0.384. The molecule has 0 saturated carbocycles. The van der Waals surface area contributed by atoms with Crippen molar-refractivity contribution in [3.8, 4) is 0 Å². The van der Waals surface area contributed by atoms with Crippen LogP contribution in [0.5, 0.6) is 0 Å². The first-order valence-corrected chi connectivity index (χ1v) is 7.28. The number of nitrogens with one attached hydrogen (secondary N) is 2. The van der Waals surface area contributed by atoms with Crippen molar-refractivity contribution < 1.29 is 9.72 Å². The number of rotatable bonds is 6. The van der Waals surface area contributed by atoms with E-state index in [0.717, 1.165) is 18.7 Å². The number of amides is 1. The molecule has 1 aliphatic rings. The number of benzene rings is 1. The predicted octanol–water partition coefficient (Wildman–Crippen LogP) is 2.44. The maximum Gasteiger partial charge on any atom is 0.269 e. The molecule has 1 aliphatic heterocycles. The molecule has 22 heavy (non-hydrogen) atoms. The molecule has 2 rings (SSSR count). The molecular formula is C15H22ClN3O3. The molecule has 6 nitrogen and oxygen atoms in total. The van der Waals surface area contributed by atoms with Gasteiger partial charge >= 0.3 is 0 Å². The van der Waals surface area contributed by atoms with Gasteiger partial charge < -0.3 is 10.6 Å². The Morgan fingerprint density at radius 1 is 1.50 bits per heavy atom. The molecule has 1 heterocycles. The number of non-ortho nitro benzene ring substituents is 1. The first-order valence-electron chi connectivity index (χ1n) is 7.28. The lowest BCUT2D eigenvalue weighted by atomic mass is 9.88. The lowest BCUT2D eigenvalue weighted by Crippen LogP contribution is -2.50. The molecule has 1 fully saturated rings. The number of hydrogen-bond acceptors (Lipinski definition) is 4. The minimum absolute atomic E-state index is 0. The highest BCUT2D eigenvalue weighted by atomic mass is 35.5. The van der Waals surface area contributed by atoms with Crippen LogP contribution in [-0.2, 0) is 4.79 Å². The first kappa shape index (κ1) is 18.4. The van der Waals surface area contributed by atoms with Crippen molar-refractivity contribution in [3.63, 3.8) is 0 Å². The van der Waals surface area contributed by atoms with Gasteiger partial charge in [-0.1, -0.05) is 26.0 Å². The third-order valence-electron chi connectivity index (χ3n) is 4.14. The van der Waals surface area contributed by atoms with Crippen LogP contribution in [0.1, 0.15) is 31.9 Å². The predicted molar refractivity (Wildman–Crippen MR) is 87.0 cm³/mol. The van der Waals surface area contributed by atoms with Crippen LogP contribution >= 0.6 is 12.4 Å². The molecule has 2 N–H and O–H groups in total. The van der Waals surface area contributed by atoms with Crippen LogP contribution < -0.4 is 10.6 Å². The van der Waals surface area contributed by atoms with E-state index in [4.69, 9.17) is 0 Å². The van der Waals surface area contributed by atoms with Crippen LogP contribution in [0.4, 0.5) is 5.69 Å². The first-order chi connectivity index (χ1) is 10.0. The number of hydrogen-bond donors (Lipinski definition) is 2. The summed E-state index contributed by atoms with van der Waals surface area (Å²) in [4.78, 5) is 22.7. The molecule has 1 aromatic carbocycles. The smallest absolute Gasteiger partial charge is 0.269 e. The van der Waals surface area contributed by atoms with Gasteiger partial charge in [0, 0.05) is 18.1 Å². The van der Waals surface area contributed by atoms with Crippen LogP contribution in [0, 0.1) is 22.0 Å². The van der Waals surface area contributed by atoms with Crippen LogP contribution in [0.15, 0.2) is 24.3 Å². The Labute approximate surface area is 136 Å². The molecule has 1 amide bonds. The maximum absolute atomic E-state index is 12.3. The van der Waals surface area contributed by atoms with Crippen molar-refractivity contribution in [1.29, 1.82) is 0 Å². The Kier molecular flexibility index (Phi) is 6.77. The summed E-state index contributed by atoms with van der Waals surface area (Å²) in [5.74, 6) is 0.353. The van der Waals surface area contributed by atoms with E-state index in [1.54, 1.807) is 6.07 Å². The van der Waals surface area contributed by atoms with Gasteiger partial charge in [0.05, 0.1) is 11.0 Å². The number of carbonyl (C=O) groups excluding carboxylic acids is 1. The summed E-state index contributed by atoms with van der Waals surface area (Å²) in [7, 11) is 0. The van der Waals surface area contributed by atoms with E-state index >= 15 is 0 Å². The highest BCUT2D eigenvalue weighted by molar-refractivity contribution is 5.85. The van der Waals surface area contributed by atoms with Gasteiger partial charge in [0.15, 0.2) is 0 Å². The average molecular weight is 328 g/mol. The summed E-state index contributed by atoms with van der Waals surface area (Å²) < 4.78 is 0. The average Bonchev–Trinajstić information content (AvgIpc) is 2.42. The third kappa shape index (κ3) is 4.18. The van der Waals surface area contributed by atoms with Gasteiger partial charge in [0.25, 0.3) is 5.69 Å². The van der Waals surface area contributed by atoms with Crippen molar-refractivity contribution in [1.82, 2.24) is 10.6 Å². The Morgan fingerprint density at radius 3 is 2.68 bits per heavy atom. The summed E-state index contributed by atoms with van der Waals surface area (Å²) in [6, 6.07) is 6.27. The van der Waals surface area contributed by atoms with E-state index in [-0.39, 0.29) is 36.0 Å². The Bertz CT molecular complexity index is 535. The second-order valence-electron chi connectivity index (χ2n) is 5.53. The zero-order valence-electron chi connectivity index (χ0n) is 12.7. The van der Waals surface area contributed by atoms with Crippen molar-refractivity contribution in [2.75, 3.05) is 13.1 Å². The van der Waals surface area contributed by atoms with E-state index in [0.29, 0.717) is 12.3 Å². The number of nitro groups is 1. The second kappa shape index (κ2) is 8.10. The zero-order valence-corrected chi connectivity index (χ0v) is 13.6. The van der Waals surface area contributed by atoms with E-state index in [1.807, 2.05) is 19.9 Å². The summed E-state index contributed by atoms with van der Waals surface area (Å²) in [5.41, 5.74) is 0.829. The van der Waals surface area contributed by atoms with Crippen LogP contribution in [-0.4, -0.2) is 23.9 Å². The fraction of sp³-hybridized carbons (Fsp3) is 0.533. The monoisotopic (exact) mass is 327 g/mol. The molecule has 0 radical (unpaired) electrons. The van der Waals surface area contributed by atoms with Gasteiger partial charge in [-0.3, -0.25) is 14.9 Å². The van der Waals surface area contributed by atoms with Crippen LogP contribution in [0.2, 0.25) is 0 Å². The minimum Gasteiger partial charge on any atom is -0.349 e. The van der Waals surface area contributed by atoms with Gasteiger partial charge in [0.1, 0.15) is 0 Å². The number of nitrogens with zero attached hydrogens (tertiary/aromatic N) is 1. The molecule has 0 bridgehead atoms. The van der Waals surface area contributed by atoms with Crippen LogP contribution in [0.3, 0.4) is 0 Å². The molecule has 7 heteroatoms. The molecule has 2 unspecified atom stereocenters. The van der Waals surface area contributed by atoms with Gasteiger partial charge in [-0.15, -0.1) is 12.4 Å². The van der Waals surface area contributed by atoms with Crippen molar-refractivity contribution >= 4 is 24.0 Å². The van der Waals surface area contributed by atoms with E-state index in [1.165, 1.54) is 12.1 Å². The van der Waals surface area contributed by atoms with Gasteiger partial charge in [0.2, 0.25) is 5.91 Å². The standard InChI is InChI=1S/C15H21N3O3.ClH/c1-3-14(11-5-4-6-13(7-11)18(20)21)17-15(19)10(2)12-8-16-9-12;/h4-7,10,12,14,16H,3,8-9H2,1-2H3,(H,17,19);1H. The fourth-order valence-electron chi connectivity index (χ4n) is 2.46. The lowest BCUT2D eigenvalue weighted by Gasteiger charge is -2.32. The van der Waals surface area contributed by atoms with E-state index in [9.17, 15) is 14.9 Å². The van der Waals surface area contributed by atoms with Gasteiger partial charge in [-0.05, 0) is 31.0 Å². The third-order valence-corrected chi connectivity index (χ3v) is 4.14. The number of halogens is 1. The topological polar surface area (TPSA) is 84.3 Å². The highest BCUT2D eigenvalue weighted by Gasteiger charge is 2.29. The van der Waals surface area contributed by atoms with Crippen molar-refractivity contribution in [3.05, 3.63) is 39.9 Å². The Hall–Kier alpha value is -1.66. The van der Waals surface area contributed by atoms with E-state index in [2.05, 4.69) is 10.6 Å². The molecule has 122 valence electrons. The molecule has 1 aromatic rings. The summed E-state index contributed by atoms with van der Waals surface area (Å²) in [5, 5.41) is 17.0. The Morgan fingerprint density at radius 2 is 2.18 bits per heavy atom. The number of carbonyl (C=O) groups is 1. The molecule has 0 spiro atoms. The van der Waals surface area contributed by atoms with Gasteiger partial charge in [-0.25, -0.2) is 0 Å².